The Morgan fingerprint density at radius 2 is 0.641 bits per heavy atom. The van der Waals surface area contributed by atoms with Crippen molar-refractivity contribution in [1.29, 1.82) is 0 Å². The Bertz CT molecular complexity index is 492. The number of Topliss-reactive ketones (excluding diaryl/α,β-unsaturated/α-hetero) is 6. The maximum atomic E-state index is 10.2. The molecule has 39 heavy (non-hydrogen) atoms. The summed E-state index contributed by atoms with van der Waals surface area (Å²) in [7, 11) is 1.35. The highest BCUT2D eigenvalue weighted by atomic mass is 16.5. The normalized spacial score (nSPS) is 7.03. The summed E-state index contributed by atoms with van der Waals surface area (Å²) in [5.41, 5.74) is 0. The molecule has 238 valence electrons. The summed E-state index contributed by atoms with van der Waals surface area (Å²) < 4.78 is 4.11. The van der Waals surface area contributed by atoms with Gasteiger partial charge < -0.3 is 28.7 Å². The second-order valence-corrected chi connectivity index (χ2v) is 7.32. The van der Waals surface area contributed by atoms with Crippen LogP contribution in [0.4, 0.5) is 0 Å². The minimum Gasteiger partial charge on any atom is -0.469 e. The first-order chi connectivity index (χ1) is 17.9. The number of esters is 1. The highest BCUT2D eigenvalue weighted by molar-refractivity contribution is 5.77. The number of carbonyl (C=O) groups is 7. The van der Waals surface area contributed by atoms with E-state index in [0.717, 1.165) is 12.8 Å². The quantitative estimate of drug-likeness (QED) is 0.294. The fourth-order valence-corrected chi connectivity index (χ4v) is 0.602. The van der Waals surface area contributed by atoms with Crippen molar-refractivity contribution >= 4 is 40.7 Å². The van der Waals surface area contributed by atoms with Crippen LogP contribution in [0.5, 0.6) is 0 Å². The Labute approximate surface area is 242 Å². The zero-order valence-electron chi connectivity index (χ0n) is 29.0. The van der Waals surface area contributed by atoms with Gasteiger partial charge in [-0.3, -0.25) is 9.59 Å². The van der Waals surface area contributed by atoms with Crippen LogP contribution in [0.25, 0.3) is 0 Å². The monoisotopic (exact) mass is 566 g/mol. The Morgan fingerprint density at radius 3 is 0.641 bits per heavy atom. The first kappa shape index (κ1) is 60.8. The molecule has 0 aromatic rings. The molecule has 0 rings (SSSR count). The number of ether oxygens (including phenoxy) is 1. The molecule has 0 aliphatic carbocycles. The Morgan fingerprint density at radius 1 is 0.462 bits per heavy atom. The lowest BCUT2D eigenvalue weighted by Gasteiger charge is -1.81. The van der Waals surface area contributed by atoms with Crippen molar-refractivity contribution in [2.45, 2.75) is 156 Å². The third-order valence-electron chi connectivity index (χ3n) is 2.67. The zero-order valence-corrected chi connectivity index (χ0v) is 29.0. The Balaban J connectivity index is -0.0000000378. The first-order valence-corrected chi connectivity index (χ1v) is 13.8. The van der Waals surface area contributed by atoms with E-state index < -0.39 is 0 Å². The third-order valence-corrected chi connectivity index (χ3v) is 2.67. The van der Waals surface area contributed by atoms with Gasteiger partial charge >= 0.3 is 5.97 Å². The molecule has 0 unspecified atom stereocenters. The molecule has 0 radical (unpaired) electrons. The fourth-order valence-electron chi connectivity index (χ4n) is 0.602. The lowest BCUT2D eigenvalue weighted by Crippen LogP contribution is -1.88. The third kappa shape index (κ3) is 362. The van der Waals surface area contributed by atoms with Crippen LogP contribution in [0.15, 0.2) is 0 Å². The molecule has 0 N–H and O–H groups in total. The number of ketones is 6. The minimum absolute atomic E-state index is 0.167. The van der Waals surface area contributed by atoms with Crippen molar-refractivity contribution in [1.82, 2.24) is 0 Å². The number of carbonyl (C=O) groups excluding carboxylic acids is 7. The summed E-state index contributed by atoms with van der Waals surface area (Å²) in [4.78, 5) is 68.3. The van der Waals surface area contributed by atoms with Crippen LogP contribution in [0, 0.1) is 0 Å². The number of hydrogen-bond donors (Lipinski definition) is 0. The number of rotatable bonds is 6. The van der Waals surface area contributed by atoms with Gasteiger partial charge in [0.05, 0.1) is 7.11 Å². The molecule has 0 aliphatic heterocycles. The second kappa shape index (κ2) is 65.0. The van der Waals surface area contributed by atoms with Crippen LogP contribution in [-0.2, 0) is 38.3 Å². The predicted molar refractivity (Wildman–Crippen MR) is 166 cm³/mol. The van der Waals surface area contributed by atoms with Gasteiger partial charge in [-0.2, -0.15) is 0 Å². The van der Waals surface area contributed by atoms with Crippen LogP contribution >= 0.6 is 0 Å². The van der Waals surface area contributed by atoms with Gasteiger partial charge in [-0.1, -0.05) is 62.3 Å². The van der Waals surface area contributed by atoms with E-state index in [-0.39, 0.29) is 34.9 Å². The number of hydrogen-bond acceptors (Lipinski definition) is 8. The molecule has 0 amide bonds. The summed E-state index contributed by atoms with van der Waals surface area (Å²) in [6, 6.07) is 0. The van der Waals surface area contributed by atoms with Gasteiger partial charge in [-0.05, 0) is 54.9 Å². The lowest BCUT2D eigenvalue weighted by molar-refractivity contribution is -0.138. The summed E-state index contributed by atoms with van der Waals surface area (Å²) in [5.74, 6) is 1.23. The van der Waals surface area contributed by atoms with E-state index in [0.29, 0.717) is 31.5 Å². The van der Waals surface area contributed by atoms with Gasteiger partial charge in [0.2, 0.25) is 0 Å². The maximum absolute atomic E-state index is 10.2. The molecule has 0 saturated carbocycles. The van der Waals surface area contributed by atoms with Gasteiger partial charge in [0.15, 0.2) is 0 Å². The number of methoxy groups -OCH3 is 1. The fraction of sp³-hybridized carbons (Fsp3) is 0.774. The van der Waals surface area contributed by atoms with Gasteiger partial charge in [-0.15, -0.1) is 0 Å². The Kier molecular flexibility index (Phi) is 101. The van der Waals surface area contributed by atoms with Crippen molar-refractivity contribution in [2.24, 2.45) is 0 Å². The van der Waals surface area contributed by atoms with Gasteiger partial charge in [-0.25, -0.2) is 0 Å². The molecule has 8 nitrogen and oxygen atoms in total. The molecule has 8 heteroatoms. The highest BCUT2D eigenvalue weighted by Crippen LogP contribution is 1.84. The summed E-state index contributed by atoms with van der Waals surface area (Å²) in [6.07, 6.45) is 4.43. The predicted octanol–water partition coefficient (Wildman–Crippen LogP) is 8.14. The van der Waals surface area contributed by atoms with Gasteiger partial charge in [0.1, 0.15) is 34.7 Å². The van der Waals surface area contributed by atoms with Crippen LogP contribution in [0.3, 0.4) is 0 Å². The molecule has 0 spiro atoms. The molecule has 0 saturated heterocycles. The van der Waals surface area contributed by atoms with E-state index in [2.05, 4.69) is 4.74 Å². The van der Waals surface area contributed by atoms with E-state index >= 15 is 0 Å². The second-order valence-electron chi connectivity index (χ2n) is 7.32. The van der Waals surface area contributed by atoms with Gasteiger partial charge in [0, 0.05) is 39.0 Å². The molecule has 0 aliphatic rings. The average molecular weight is 567 g/mol. The maximum Gasteiger partial charge on any atom is 0.302 e. The van der Waals surface area contributed by atoms with Crippen molar-refractivity contribution in [3.05, 3.63) is 0 Å². The first-order valence-electron chi connectivity index (χ1n) is 13.8. The topological polar surface area (TPSA) is 129 Å². The summed E-state index contributed by atoms with van der Waals surface area (Å²) in [5, 5.41) is 0. The van der Waals surface area contributed by atoms with Crippen molar-refractivity contribution in [3.8, 4) is 0 Å². The van der Waals surface area contributed by atoms with Crippen molar-refractivity contribution < 1.29 is 38.3 Å². The smallest absolute Gasteiger partial charge is 0.302 e. The highest BCUT2D eigenvalue weighted by Gasteiger charge is 1.86. The van der Waals surface area contributed by atoms with Gasteiger partial charge in [0.25, 0.3) is 0 Å². The molecule has 0 fully saturated rings. The minimum atomic E-state index is -0.245. The Hall–Kier alpha value is -2.51. The molecule has 0 bridgehead atoms. The average Bonchev–Trinajstić information content (AvgIpc) is 2.86. The molecule has 0 aromatic heterocycles. The van der Waals surface area contributed by atoms with E-state index in [1.807, 2.05) is 62.3 Å². The molecule has 0 aromatic carbocycles. The molecule has 0 heterocycles. The van der Waals surface area contributed by atoms with Crippen LogP contribution in [0.2, 0.25) is 0 Å². The van der Waals surface area contributed by atoms with Crippen LogP contribution in [-0.4, -0.2) is 47.8 Å². The van der Waals surface area contributed by atoms with Crippen LogP contribution < -0.4 is 0 Å². The van der Waals surface area contributed by atoms with E-state index in [1.165, 1.54) is 41.7 Å². The molecular formula is C31H66O8. The zero-order chi connectivity index (χ0) is 34.0. The van der Waals surface area contributed by atoms with E-state index in [1.54, 1.807) is 20.8 Å². The largest absolute Gasteiger partial charge is 0.469 e. The standard InChI is InChI=1S/2C5H10O.2C4H8O.C3H6O2.2C3H6O.2C2H6/c1-3-4-5(2)6;1-3-5(6)4-2;2*1-3-4(2)5;1-3(4)5-2;2*1-3(2)4;2*1-2/h2*3-4H2,1-2H3;2*3H2,1-2H3;1-2H3;2*1-2H3;2*1-2H3. The van der Waals surface area contributed by atoms with Crippen molar-refractivity contribution in [2.75, 3.05) is 7.11 Å². The van der Waals surface area contributed by atoms with Crippen LogP contribution in [0.1, 0.15) is 156 Å². The summed E-state index contributed by atoms with van der Waals surface area (Å²) in [6.45, 7) is 29.7. The molecular weight excluding hydrogens is 500 g/mol. The summed E-state index contributed by atoms with van der Waals surface area (Å²) >= 11 is 0. The van der Waals surface area contributed by atoms with E-state index in [4.69, 9.17) is 0 Å². The SMILES string of the molecule is CC.CC.CC(C)=O.CC(C)=O.CCC(=O)CC.CCC(C)=O.CCC(C)=O.CCCC(C)=O.COC(C)=O. The van der Waals surface area contributed by atoms with E-state index in [9.17, 15) is 33.6 Å². The lowest BCUT2D eigenvalue weighted by atomic mass is 10.3. The molecule has 0 atom stereocenters. The van der Waals surface area contributed by atoms with Crippen molar-refractivity contribution in [3.63, 3.8) is 0 Å².